The van der Waals surface area contributed by atoms with Crippen LogP contribution in [0.25, 0.3) is 0 Å². The molecule has 2 N–H and O–H groups in total. The van der Waals surface area contributed by atoms with E-state index in [-0.39, 0.29) is 0 Å². The highest BCUT2D eigenvalue weighted by Gasteiger charge is 2.20. The van der Waals surface area contributed by atoms with Gasteiger partial charge in [0.1, 0.15) is 13.2 Å². The Hall–Kier alpha value is -0.740. The van der Waals surface area contributed by atoms with E-state index in [2.05, 4.69) is 22.9 Å². The first-order valence-corrected chi connectivity index (χ1v) is 6.87. The minimum absolute atomic E-state index is 0.630. The zero-order valence-electron chi connectivity index (χ0n) is 10.1. The van der Waals surface area contributed by atoms with Crippen molar-refractivity contribution in [3.63, 3.8) is 0 Å². The second-order valence-electron chi connectivity index (χ2n) is 4.09. The van der Waals surface area contributed by atoms with Crippen LogP contribution in [0, 0.1) is 0 Å². The Kier molecular flexibility index (Phi) is 4.29. The molecule has 1 aliphatic rings. The smallest absolute Gasteiger partial charge is 0.164 e. The molecular weight excluding hydrogens is 282 g/mol. The number of benzene rings is 1. The van der Waals surface area contributed by atoms with Gasteiger partial charge < -0.3 is 15.2 Å². The maximum Gasteiger partial charge on any atom is 0.164 e. The molecular formula is C13H18BrNO2. The predicted octanol–water partition coefficient (Wildman–Crippen LogP) is 2.67. The van der Waals surface area contributed by atoms with Gasteiger partial charge in [0.15, 0.2) is 11.5 Å². The fourth-order valence-corrected chi connectivity index (χ4v) is 2.83. The van der Waals surface area contributed by atoms with Crippen molar-refractivity contribution in [2.75, 3.05) is 19.8 Å². The Balaban J connectivity index is 2.43. The number of rotatable bonds is 4. The minimum atomic E-state index is 0.630. The molecule has 0 radical (unpaired) electrons. The SMILES string of the molecule is CCc1c(CCCN)c(Br)cc2c1OCCO2. The average Bonchev–Trinajstić information content (AvgIpc) is 2.35. The molecule has 0 fully saturated rings. The normalized spacial score (nSPS) is 13.8. The Morgan fingerprint density at radius 1 is 1.29 bits per heavy atom. The van der Waals surface area contributed by atoms with Crippen LogP contribution < -0.4 is 15.2 Å². The van der Waals surface area contributed by atoms with Gasteiger partial charge in [0, 0.05) is 10.0 Å². The van der Waals surface area contributed by atoms with Gasteiger partial charge >= 0.3 is 0 Å². The molecule has 0 saturated carbocycles. The van der Waals surface area contributed by atoms with Crippen molar-refractivity contribution in [3.05, 3.63) is 21.7 Å². The number of halogens is 1. The summed E-state index contributed by atoms with van der Waals surface area (Å²) in [5, 5.41) is 0. The molecule has 0 aromatic heterocycles. The molecule has 0 saturated heterocycles. The number of nitrogens with two attached hydrogens (primary N) is 1. The van der Waals surface area contributed by atoms with Gasteiger partial charge in [-0.1, -0.05) is 22.9 Å². The van der Waals surface area contributed by atoms with Crippen molar-refractivity contribution >= 4 is 15.9 Å². The van der Waals surface area contributed by atoms with E-state index in [4.69, 9.17) is 15.2 Å². The molecule has 0 spiro atoms. The predicted molar refractivity (Wildman–Crippen MR) is 71.9 cm³/mol. The topological polar surface area (TPSA) is 44.5 Å². The van der Waals surface area contributed by atoms with E-state index in [9.17, 15) is 0 Å². The zero-order chi connectivity index (χ0) is 12.3. The summed E-state index contributed by atoms with van der Waals surface area (Å²) >= 11 is 3.62. The van der Waals surface area contributed by atoms with Crippen LogP contribution in [0.15, 0.2) is 10.5 Å². The van der Waals surface area contributed by atoms with Gasteiger partial charge in [-0.3, -0.25) is 0 Å². The number of hydrogen-bond donors (Lipinski definition) is 1. The fraction of sp³-hybridized carbons (Fsp3) is 0.538. The highest BCUT2D eigenvalue weighted by molar-refractivity contribution is 9.10. The quantitative estimate of drug-likeness (QED) is 0.930. The van der Waals surface area contributed by atoms with E-state index in [1.165, 1.54) is 11.1 Å². The Morgan fingerprint density at radius 3 is 2.76 bits per heavy atom. The monoisotopic (exact) mass is 299 g/mol. The van der Waals surface area contributed by atoms with Crippen molar-refractivity contribution in [2.24, 2.45) is 5.73 Å². The van der Waals surface area contributed by atoms with Crippen LogP contribution in [-0.4, -0.2) is 19.8 Å². The Bertz CT molecular complexity index is 407. The average molecular weight is 300 g/mol. The highest BCUT2D eigenvalue weighted by atomic mass is 79.9. The fourth-order valence-electron chi connectivity index (χ4n) is 2.18. The molecule has 1 heterocycles. The van der Waals surface area contributed by atoms with E-state index in [1.807, 2.05) is 6.07 Å². The van der Waals surface area contributed by atoms with Gasteiger partial charge in [-0.05, 0) is 37.4 Å². The number of ether oxygens (including phenoxy) is 2. The lowest BCUT2D eigenvalue weighted by Crippen LogP contribution is -2.17. The van der Waals surface area contributed by atoms with Crippen LogP contribution in [0.4, 0.5) is 0 Å². The second kappa shape index (κ2) is 5.74. The molecule has 0 unspecified atom stereocenters. The van der Waals surface area contributed by atoms with Crippen molar-refractivity contribution in [2.45, 2.75) is 26.2 Å². The molecule has 1 aliphatic heterocycles. The lowest BCUT2D eigenvalue weighted by atomic mass is 9.99. The second-order valence-corrected chi connectivity index (χ2v) is 4.94. The molecule has 3 nitrogen and oxygen atoms in total. The Morgan fingerprint density at radius 2 is 2.06 bits per heavy atom. The molecule has 4 heteroatoms. The standard InChI is InChI=1S/C13H18BrNO2/c1-2-9-10(4-3-5-15)11(14)8-12-13(9)17-7-6-16-12/h8H,2-7,15H2,1H3. The number of fused-ring (bicyclic) bond motifs is 1. The van der Waals surface area contributed by atoms with Gasteiger partial charge in [0.2, 0.25) is 0 Å². The maximum absolute atomic E-state index is 5.74. The van der Waals surface area contributed by atoms with Crippen molar-refractivity contribution in [1.29, 1.82) is 0 Å². The molecule has 0 amide bonds. The maximum atomic E-state index is 5.74. The summed E-state index contributed by atoms with van der Waals surface area (Å²) in [6.07, 6.45) is 2.92. The van der Waals surface area contributed by atoms with E-state index >= 15 is 0 Å². The Labute approximate surface area is 110 Å². The summed E-state index contributed by atoms with van der Waals surface area (Å²) in [5.74, 6) is 1.78. The van der Waals surface area contributed by atoms with E-state index in [0.29, 0.717) is 19.8 Å². The van der Waals surface area contributed by atoms with Crippen molar-refractivity contribution in [1.82, 2.24) is 0 Å². The van der Waals surface area contributed by atoms with Gasteiger partial charge in [-0.2, -0.15) is 0 Å². The van der Waals surface area contributed by atoms with Gasteiger partial charge in [0.25, 0.3) is 0 Å². The minimum Gasteiger partial charge on any atom is -0.486 e. The van der Waals surface area contributed by atoms with Gasteiger partial charge in [0.05, 0.1) is 0 Å². The summed E-state index contributed by atoms with van der Waals surface area (Å²) in [6, 6.07) is 2.01. The summed E-state index contributed by atoms with van der Waals surface area (Å²) < 4.78 is 12.5. The molecule has 17 heavy (non-hydrogen) atoms. The summed E-state index contributed by atoms with van der Waals surface area (Å²) in [4.78, 5) is 0. The highest BCUT2D eigenvalue weighted by Crippen LogP contribution is 2.40. The summed E-state index contributed by atoms with van der Waals surface area (Å²) in [7, 11) is 0. The largest absolute Gasteiger partial charge is 0.486 e. The number of hydrogen-bond acceptors (Lipinski definition) is 3. The third-order valence-electron chi connectivity index (χ3n) is 2.98. The molecule has 94 valence electrons. The van der Waals surface area contributed by atoms with Crippen LogP contribution in [0.1, 0.15) is 24.5 Å². The third kappa shape index (κ3) is 2.58. The lowest BCUT2D eigenvalue weighted by molar-refractivity contribution is 0.169. The van der Waals surface area contributed by atoms with E-state index in [0.717, 1.165) is 35.2 Å². The van der Waals surface area contributed by atoms with E-state index < -0.39 is 0 Å². The van der Waals surface area contributed by atoms with Crippen LogP contribution in [0.3, 0.4) is 0 Å². The van der Waals surface area contributed by atoms with Gasteiger partial charge in [-0.15, -0.1) is 0 Å². The van der Waals surface area contributed by atoms with Crippen LogP contribution in [0.2, 0.25) is 0 Å². The summed E-state index contributed by atoms with van der Waals surface area (Å²) in [5.41, 5.74) is 8.14. The van der Waals surface area contributed by atoms with Crippen LogP contribution >= 0.6 is 15.9 Å². The first kappa shape index (κ1) is 12.7. The van der Waals surface area contributed by atoms with Crippen LogP contribution in [0.5, 0.6) is 11.5 Å². The molecule has 1 aromatic rings. The van der Waals surface area contributed by atoms with E-state index in [1.54, 1.807) is 0 Å². The zero-order valence-corrected chi connectivity index (χ0v) is 11.7. The van der Waals surface area contributed by atoms with Crippen LogP contribution in [-0.2, 0) is 12.8 Å². The first-order chi connectivity index (χ1) is 8.27. The van der Waals surface area contributed by atoms with Gasteiger partial charge in [-0.25, -0.2) is 0 Å². The molecule has 0 bridgehead atoms. The third-order valence-corrected chi connectivity index (χ3v) is 3.69. The molecule has 1 aromatic carbocycles. The van der Waals surface area contributed by atoms with Crippen molar-refractivity contribution in [3.8, 4) is 11.5 Å². The lowest BCUT2D eigenvalue weighted by Gasteiger charge is -2.24. The first-order valence-electron chi connectivity index (χ1n) is 6.07. The van der Waals surface area contributed by atoms with Crippen molar-refractivity contribution < 1.29 is 9.47 Å². The molecule has 0 atom stereocenters. The molecule has 0 aliphatic carbocycles. The molecule has 2 rings (SSSR count). The summed E-state index contributed by atoms with van der Waals surface area (Å²) in [6.45, 7) is 4.12.